The van der Waals surface area contributed by atoms with Gasteiger partial charge in [-0.25, -0.2) is 0 Å². The van der Waals surface area contributed by atoms with E-state index in [4.69, 9.17) is 5.73 Å². The van der Waals surface area contributed by atoms with Crippen LogP contribution in [0.25, 0.3) is 0 Å². The van der Waals surface area contributed by atoms with Gasteiger partial charge in [0.2, 0.25) is 0 Å². The van der Waals surface area contributed by atoms with Gasteiger partial charge in [-0.1, -0.05) is 26.7 Å². The molecular weight excluding hydrogens is 172 g/mol. The van der Waals surface area contributed by atoms with Gasteiger partial charge in [0.25, 0.3) is 0 Å². The summed E-state index contributed by atoms with van der Waals surface area (Å²) in [4.78, 5) is 2.53. The summed E-state index contributed by atoms with van der Waals surface area (Å²) in [7, 11) is 2.26. The molecule has 0 saturated heterocycles. The van der Waals surface area contributed by atoms with Crippen LogP contribution in [0.4, 0.5) is 0 Å². The number of nitrogens with two attached hydrogens (primary N) is 1. The zero-order valence-corrected chi connectivity index (χ0v) is 10.00. The second-order valence-electron chi connectivity index (χ2n) is 5.12. The van der Waals surface area contributed by atoms with Gasteiger partial charge in [0.05, 0.1) is 0 Å². The van der Waals surface area contributed by atoms with Crippen molar-refractivity contribution in [3.63, 3.8) is 0 Å². The van der Waals surface area contributed by atoms with Crippen LogP contribution in [-0.4, -0.2) is 31.1 Å². The lowest BCUT2D eigenvalue weighted by Crippen LogP contribution is -2.38. The Morgan fingerprint density at radius 2 is 1.86 bits per heavy atom. The van der Waals surface area contributed by atoms with Crippen LogP contribution >= 0.6 is 0 Å². The second-order valence-corrected chi connectivity index (χ2v) is 5.12. The Hall–Kier alpha value is -0.0800. The van der Waals surface area contributed by atoms with Crippen molar-refractivity contribution in [2.24, 2.45) is 17.6 Å². The molecule has 1 aliphatic carbocycles. The quantitative estimate of drug-likeness (QED) is 0.733. The van der Waals surface area contributed by atoms with E-state index in [0.717, 1.165) is 12.6 Å². The van der Waals surface area contributed by atoms with Gasteiger partial charge in [0.15, 0.2) is 0 Å². The minimum atomic E-state index is 0.667. The summed E-state index contributed by atoms with van der Waals surface area (Å²) in [5.41, 5.74) is 5.79. The fraction of sp³-hybridized carbons (Fsp3) is 1.00. The Labute approximate surface area is 88.8 Å². The molecule has 1 atom stereocenters. The summed E-state index contributed by atoms with van der Waals surface area (Å²) in [6.07, 6.45) is 5.63. The van der Waals surface area contributed by atoms with E-state index in [1.165, 1.54) is 32.2 Å². The average Bonchev–Trinajstić information content (AvgIpc) is 2.65. The topological polar surface area (TPSA) is 29.3 Å². The van der Waals surface area contributed by atoms with Gasteiger partial charge in [-0.05, 0) is 38.3 Å². The van der Waals surface area contributed by atoms with Crippen molar-refractivity contribution in [1.82, 2.24) is 4.90 Å². The first-order chi connectivity index (χ1) is 6.65. The smallest absolute Gasteiger partial charge is 0.00923 e. The molecule has 14 heavy (non-hydrogen) atoms. The van der Waals surface area contributed by atoms with Crippen molar-refractivity contribution in [1.29, 1.82) is 0 Å². The SMILES string of the molecule is CC(C)C(CN)CN(C)C1CCCC1. The van der Waals surface area contributed by atoms with Crippen molar-refractivity contribution >= 4 is 0 Å². The summed E-state index contributed by atoms with van der Waals surface area (Å²) in [5, 5.41) is 0. The predicted molar refractivity (Wildman–Crippen MR) is 62.3 cm³/mol. The van der Waals surface area contributed by atoms with Crippen molar-refractivity contribution in [2.45, 2.75) is 45.6 Å². The zero-order chi connectivity index (χ0) is 10.6. The van der Waals surface area contributed by atoms with E-state index < -0.39 is 0 Å². The first-order valence-corrected chi connectivity index (χ1v) is 6.05. The molecule has 0 spiro atoms. The first-order valence-electron chi connectivity index (χ1n) is 6.05. The third-order valence-corrected chi connectivity index (χ3v) is 3.72. The van der Waals surface area contributed by atoms with Crippen molar-refractivity contribution < 1.29 is 0 Å². The Morgan fingerprint density at radius 1 is 1.29 bits per heavy atom. The maximum Gasteiger partial charge on any atom is 0.00923 e. The maximum atomic E-state index is 5.79. The van der Waals surface area contributed by atoms with Crippen LogP contribution in [0, 0.1) is 11.8 Å². The molecule has 0 amide bonds. The number of hydrogen-bond donors (Lipinski definition) is 1. The Morgan fingerprint density at radius 3 is 2.29 bits per heavy atom. The minimum absolute atomic E-state index is 0.667. The molecule has 0 heterocycles. The summed E-state index contributed by atoms with van der Waals surface area (Å²) < 4.78 is 0. The molecule has 1 fully saturated rings. The van der Waals surface area contributed by atoms with E-state index in [1.807, 2.05) is 0 Å². The Bertz CT molecular complexity index is 150. The zero-order valence-electron chi connectivity index (χ0n) is 10.00. The molecule has 1 saturated carbocycles. The first kappa shape index (κ1) is 12.0. The lowest BCUT2D eigenvalue weighted by atomic mass is 9.95. The fourth-order valence-corrected chi connectivity index (χ4v) is 2.42. The van der Waals surface area contributed by atoms with Gasteiger partial charge in [0.1, 0.15) is 0 Å². The lowest BCUT2D eigenvalue weighted by molar-refractivity contribution is 0.187. The predicted octanol–water partition coefficient (Wildman–Crippen LogP) is 2.09. The summed E-state index contributed by atoms with van der Waals surface area (Å²) in [6, 6.07) is 0.836. The monoisotopic (exact) mass is 198 g/mol. The van der Waals surface area contributed by atoms with Crippen LogP contribution in [0.15, 0.2) is 0 Å². The minimum Gasteiger partial charge on any atom is -0.330 e. The van der Waals surface area contributed by atoms with E-state index >= 15 is 0 Å². The molecule has 0 bridgehead atoms. The van der Waals surface area contributed by atoms with Crippen LogP contribution in [0.1, 0.15) is 39.5 Å². The molecule has 84 valence electrons. The van der Waals surface area contributed by atoms with Crippen molar-refractivity contribution in [3.05, 3.63) is 0 Å². The standard InChI is InChI=1S/C12H26N2/c1-10(2)11(8-13)9-14(3)12-6-4-5-7-12/h10-12H,4-9,13H2,1-3H3. The van der Waals surface area contributed by atoms with E-state index in [0.29, 0.717) is 11.8 Å². The second kappa shape index (κ2) is 5.72. The highest BCUT2D eigenvalue weighted by Gasteiger charge is 2.22. The van der Waals surface area contributed by atoms with E-state index in [1.54, 1.807) is 0 Å². The molecular formula is C12H26N2. The van der Waals surface area contributed by atoms with Crippen molar-refractivity contribution in [2.75, 3.05) is 20.1 Å². The van der Waals surface area contributed by atoms with Crippen LogP contribution in [0.3, 0.4) is 0 Å². The Kier molecular flexibility index (Phi) is 4.90. The average molecular weight is 198 g/mol. The van der Waals surface area contributed by atoms with E-state index in [2.05, 4.69) is 25.8 Å². The van der Waals surface area contributed by atoms with Gasteiger partial charge in [0, 0.05) is 12.6 Å². The third-order valence-electron chi connectivity index (χ3n) is 3.72. The molecule has 0 aromatic carbocycles. The molecule has 2 heteroatoms. The maximum absolute atomic E-state index is 5.79. The molecule has 0 aromatic heterocycles. The molecule has 0 aliphatic heterocycles. The molecule has 0 radical (unpaired) electrons. The van der Waals surface area contributed by atoms with Gasteiger partial charge >= 0.3 is 0 Å². The molecule has 0 aromatic rings. The van der Waals surface area contributed by atoms with E-state index in [-0.39, 0.29) is 0 Å². The van der Waals surface area contributed by atoms with Gasteiger partial charge in [-0.15, -0.1) is 0 Å². The highest BCUT2D eigenvalue weighted by Crippen LogP contribution is 2.23. The normalized spacial score (nSPS) is 21.0. The highest BCUT2D eigenvalue weighted by atomic mass is 15.1. The van der Waals surface area contributed by atoms with E-state index in [9.17, 15) is 0 Å². The van der Waals surface area contributed by atoms with Crippen LogP contribution < -0.4 is 5.73 Å². The van der Waals surface area contributed by atoms with Crippen LogP contribution in [0.2, 0.25) is 0 Å². The van der Waals surface area contributed by atoms with Crippen LogP contribution in [-0.2, 0) is 0 Å². The number of nitrogens with zero attached hydrogens (tertiary/aromatic N) is 1. The third kappa shape index (κ3) is 3.25. The molecule has 1 unspecified atom stereocenters. The van der Waals surface area contributed by atoms with Crippen LogP contribution in [0.5, 0.6) is 0 Å². The van der Waals surface area contributed by atoms with Gasteiger partial charge in [-0.3, -0.25) is 0 Å². The lowest BCUT2D eigenvalue weighted by Gasteiger charge is -2.30. The summed E-state index contributed by atoms with van der Waals surface area (Å²) in [5.74, 6) is 1.38. The highest BCUT2D eigenvalue weighted by molar-refractivity contribution is 4.78. The summed E-state index contributed by atoms with van der Waals surface area (Å²) >= 11 is 0. The number of rotatable bonds is 5. The molecule has 2 N–H and O–H groups in total. The largest absolute Gasteiger partial charge is 0.330 e. The number of hydrogen-bond acceptors (Lipinski definition) is 2. The summed E-state index contributed by atoms with van der Waals surface area (Å²) in [6.45, 7) is 6.56. The molecule has 1 aliphatic rings. The molecule has 1 rings (SSSR count). The van der Waals surface area contributed by atoms with Crippen molar-refractivity contribution in [3.8, 4) is 0 Å². The fourth-order valence-electron chi connectivity index (χ4n) is 2.42. The van der Waals surface area contributed by atoms with Gasteiger partial charge < -0.3 is 10.6 Å². The van der Waals surface area contributed by atoms with Gasteiger partial charge in [-0.2, -0.15) is 0 Å². The molecule has 2 nitrogen and oxygen atoms in total. The Balaban J connectivity index is 2.33.